The first kappa shape index (κ1) is 14.0. The van der Waals surface area contributed by atoms with Crippen LogP contribution in [0.3, 0.4) is 0 Å². The van der Waals surface area contributed by atoms with E-state index < -0.39 is 12.0 Å². The van der Waals surface area contributed by atoms with E-state index in [1.54, 1.807) is 0 Å². The highest BCUT2D eigenvalue weighted by molar-refractivity contribution is 5.73. The summed E-state index contributed by atoms with van der Waals surface area (Å²) in [7, 11) is 0. The van der Waals surface area contributed by atoms with Crippen molar-refractivity contribution in [3.8, 4) is 0 Å². The lowest BCUT2D eigenvalue weighted by Gasteiger charge is -2.38. The number of carboxylic acid groups (broad SMARTS) is 1. The van der Waals surface area contributed by atoms with E-state index in [2.05, 4.69) is 43.0 Å². The van der Waals surface area contributed by atoms with Gasteiger partial charge >= 0.3 is 5.97 Å². The molecule has 1 aliphatic heterocycles. The molecule has 0 radical (unpaired) electrons. The summed E-state index contributed by atoms with van der Waals surface area (Å²) in [6, 6.07) is 7.95. The summed E-state index contributed by atoms with van der Waals surface area (Å²) < 4.78 is 5.30. The zero-order valence-electron chi connectivity index (χ0n) is 11.5. The van der Waals surface area contributed by atoms with Gasteiger partial charge in [0.15, 0.2) is 0 Å². The van der Waals surface area contributed by atoms with Gasteiger partial charge in [-0.05, 0) is 18.9 Å². The van der Waals surface area contributed by atoms with Crippen molar-refractivity contribution in [1.82, 2.24) is 4.90 Å². The monoisotopic (exact) mass is 263 g/mol. The van der Waals surface area contributed by atoms with Crippen LogP contribution in [0, 0.1) is 6.92 Å². The van der Waals surface area contributed by atoms with Crippen LogP contribution in [0.2, 0.25) is 0 Å². The van der Waals surface area contributed by atoms with Crippen molar-refractivity contribution in [2.45, 2.75) is 32.4 Å². The normalized spacial score (nSPS) is 22.1. The van der Waals surface area contributed by atoms with Gasteiger partial charge in [-0.2, -0.15) is 0 Å². The van der Waals surface area contributed by atoms with Crippen molar-refractivity contribution in [3.05, 3.63) is 35.4 Å². The molecule has 1 N–H and O–H groups in total. The third-order valence-corrected chi connectivity index (χ3v) is 3.70. The molecule has 1 fully saturated rings. The fourth-order valence-corrected chi connectivity index (χ4v) is 2.65. The number of hydrogen-bond donors (Lipinski definition) is 1. The number of morpholine rings is 1. The van der Waals surface area contributed by atoms with Crippen molar-refractivity contribution in [3.63, 3.8) is 0 Å². The Morgan fingerprint density at radius 2 is 2.16 bits per heavy atom. The van der Waals surface area contributed by atoms with Crippen molar-refractivity contribution in [2.24, 2.45) is 0 Å². The highest BCUT2D eigenvalue weighted by Gasteiger charge is 2.34. The van der Waals surface area contributed by atoms with Crippen molar-refractivity contribution >= 4 is 5.97 Å². The minimum atomic E-state index is -0.801. The molecule has 4 nitrogen and oxygen atoms in total. The highest BCUT2D eigenvalue weighted by Crippen LogP contribution is 2.28. The molecular formula is C15H21NO3. The molecule has 2 rings (SSSR count). The van der Waals surface area contributed by atoms with E-state index in [1.807, 2.05) is 0 Å². The Balaban J connectivity index is 2.24. The van der Waals surface area contributed by atoms with Crippen molar-refractivity contribution in [1.29, 1.82) is 0 Å². The van der Waals surface area contributed by atoms with E-state index in [0.717, 1.165) is 6.42 Å². The smallest absolute Gasteiger partial charge is 0.323 e. The van der Waals surface area contributed by atoms with Crippen LogP contribution in [-0.4, -0.2) is 41.8 Å². The molecule has 1 heterocycles. The summed E-state index contributed by atoms with van der Waals surface area (Å²) in [4.78, 5) is 13.4. The van der Waals surface area contributed by atoms with Gasteiger partial charge in [-0.1, -0.05) is 36.8 Å². The molecule has 0 bridgehead atoms. The van der Waals surface area contributed by atoms with E-state index in [1.165, 1.54) is 11.1 Å². The van der Waals surface area contributed by atoms with Gasteiger partial charge in [0, 0.05) is 12.6 Å². The molecule has 1 saturated heterocycles. The molecular weight excluding hydrogens is 242 g/mol. The van der Waals surface area contributed by atoms with Crippen LogP contribution < -0.4 is 0 Å². The second-order valence-electron chi connectivity index (χ2n) is 5.00. The van der Waals surface area contributed by atoms with E-state index in [9.17, 15) is 9.90 Å². The van der Waals surface area contributed by atoms with Crippen LogP contribution in [0.5, 0.6) is 0 Å². The maximum absolute atomic E-state index is 11.3. The van der Waals surface area contributed by atoms with Gasteiger partial charge in [-0.3, -0.25) is 9.69 Å². The minimum Gasteiger partial charge on any atom is -0.480 e. The fourth-order valence-electron chi connectivity index (χ4n) is 2.65. The maximum Gasteiger partial charge on any atom is 0.323 e. The molecule has 1 aromatic carbocycles. The number of aryl methyl sites for hydroxylation is 1. The van der Waals surface area contributed by atoms with Gasteiger partial charge in [0.25, 0.3) is 0 Å². The lowest BCUT2D eigenvalue weighted by molar-refractivity contribution is -0.151. The third-order valence-electron chi connectivity index (χ3n) is 3.70. The fraction of sp³-hybridized carbons (Fsp3) is 0.533. The first-order chi connectivity index (χ1) is 9.13. The molecule has 2 unspecified atom stereocenters. The largest absolute Gasteiger partial charge is 0.480 e. The summed E-state index contributed by atoms with van der Waals surface area (Å²) >= 11 is 0. The number of ether oxygens (including phenoxy) is 1. The summed E-state index contributed by atoms with van der Waals surface area (Å²) in [5.74, 6) is -0.801. The number of aliphatic carboxylic acids is 1. The molecule has 4 heteroatoms. The van der Waals surface area contributed by atoms with Crippen LogP contribution in [0.25, 0.3) is 0 Å². The molecule has 0 spiro atoms. The zero-order chi connectivity index (χ0) is 13.8. The molecule has 1 aromatic rings. The number of hydrogen-bond acceptors (Lipinski definition) is 3. The average molecular weight is 263 g/mol. The van der Waals surface area contributed by atoms with Gasteiger partial charge in [-0.15, -0.1) is 0 Å². The number of carboxylic acids is 1. The number of carbonyl (C=O) groups is 1. The number of rotatable bonds is 4. The van der Waals surface area contributed by atoms with Gasteiger partial charge < -0.3 is 9.84 Å². The lowest BCUT2D eigenvalue weighted by Crippen LogP contribution is -2.51. The summed E-state index contributed by atoms with van der Waals surface area (Å²) in [5.41, 5.74) is 2.40. The quantitative estimate of drug-likeness (QED) is 0.905. The zero-order valence-corrected chi connectivity index (χ0v) is 11.5. The molecule has 0 aliphatic carbocycles. The molecule has 1 aliphatic rings. The third kappa shape index (κ3) is 3.14. The van der Waals surface area contributed by atoms with Crippen LogP contribution in [0.15, 0.2) is 24.3 Å². The second kappa shape index (κ2) is 6.17. The predicted molar refractivity (Wildman–Crippen MR) is 73.2 cm³/mol. The van der Waals surface area contributed by atoms with Gasteiger partial charge in [0.2, 0.25) is 0 Å². The molecule has 19 heavy (non-hydrogen) atoms. The Bertz CT molecular complexity index is 430. The molecule has 0 amide bonds. The van der Waals surface area contributed by atoms with Gasteiger partial charge in [-0.25, -0.2) is 0 Å². The summed E-state index contributed by atoms with van der Waals surface area (Å²) in [6.07, 6.45) is 0.896. The summed E-state index contributed by atoms with van der Waals surface area (Å²) in [5, 5.41) is 9.32. The Morgan fingerprint density at radius 1 is 1.47 bits per heavy atom. The number of nitrogens with zero attached hydrogens (tertiary/aromatic N) is 1. The Hall–Kier alpha value is -1.39. The van der Waals surface area contributed by atoms with Crippen LogP contribution in [0.1, 0.15) is 30.5 Å². The SMILES string of the molecule is CCC(c1ccc(C)cc1)N1CCOCC1C(=O)O. The Morgan fingerprint density at radius 3 is 2.74 bits per heavy atom. The highest BCUT2D eigenvalue weighted by atomic mass is 16.5. The molecule has 0 aromatic heterocycles. The van der Waals surface area contributed by atoms with Crippen LogP contribution >= 0.6 is 0 Å². The topological polar surface area (TPSA) is 49.8 Å². The van der Waals surface area contributed by atoms with E-state index in [4.69, 9.17) is 4.74 Å². The second-order valence-corrected chi connectivity index (χ2v) is 5.00. The van der Waals surface area contributed by atoms with Crippen LogP contribution in [0.4, 0.5) is 0 Å². The van der Waals surface area contributed by atoms with E-state index in [-0.39, 0.29) is 12.6 Å². The summed E-state index contributed by atoms with van der Waals surface area (Å²) in [6.45, 7) is 5.70. The maximum atomic E-state index is 11.3. The Kier molecular flexibility index (Phi) is 4.56. The molecule has 0 saturated carbocycles. The first-order valence-corrected chi connectivity index (χ1v) is 6.76. The predicted octanol–water partition coefficient (Wildman–Crippen LogP) is 2.23. The Labute approximate surface area is 114 Å². The van der Waals surface area contributed by atoms with E-state index >= 15 is 0 Å². The molecule has 2 atom stereocenters. The lowest BCUT2D eigenvalue weighted by atomic mass is 9.99. The minimum absolute atomic E-state index is 0.144. The average Bonchev–Trinajstić information content (AvgIpc) is 2.42. The van der Waals surface area contributed by atoms with Gasteiger partial charge in [0.1, 0.15) is 6.04 Å². The van der Waals surface area contributed by atoms with Crippen molar-refractivity contribution in [2.75, 3.05) is 19.8 Å². The molecule has 104 valence electrons. The van der Waals surface area contributed by atoms with E-state index in [0.29, 0.717) is 13.2 Å². The first-order valence-electron chi connectivity index (χ1n) is 6.76. The van der Waals surface area contributed by atoms with Crippen molar-refractivity contribution < 1.29 is 14.6 Å². The van der Waals surface area contributed by atoms with Gasteiger partial charge in [0.05, 0.1) is 13.2 Å². The number of benzene rings is 1. The standard InChI is InChI=1S/C15H21NO3/c1-3-13(12-6-4-11(2)5-7-12)16-8-9-19-10-14(16)15(17)18/h4-7,13-14H,3,8-10H2,1-2H3,(H,17,18). The van der Waals surface area contributed by atoms with Crippen LogP contribution in [-0.2, 0) is 9.53 Å².